The summed E-state index contributed by atoms with van der Waals surface area (Å²) in [4.78, 5) is 51.1. The number of carbonyl (C=O) groups is 4. The number of benzene rings is 3. The summed E-state index contributed by atoms with van der Waals surface area (Å²) in [5, 5.41) is 45.3. The van der Waals surface area contributed by atoms with Gasteiger partial charge in [-0.05, 0) is 47.4 Å². The van der Waals surface area contributed by atoms with E-state index in [0.29, 0.717) is 11.1 Å². The molecule has 12 heteroatoms. The van der Waals surface area contributed by atoms with Crippen molar-refractivity contribution in [2.24, 2.45) is 5.73 Å². The molecule has 12 nitrogen and oxygen atoms in total. The molecule has 0 spiro atoms. The molecule has 0 fully saturated rings. The summed E-state index contributed by atoms with van der Waals surface area (Å²) in [5.41, 5.74) is 8.08. The van der Waals surface area contributed by atoms with E-state index in [4.69, 9.17) is 5.73 Å². The highest BCUT2D eigenvalue weighted by atomic mass is 16.4. The van der Waals surface area contributed by atoms with E-state index in [9.17, 15) is 39.6 Å². The number of carboxylic acid groups (broad SMARTS) is 1. The molecular formula is C30H34N4O8. The van der Waals surface area contributed by atoms with Crippen LogP contribution in [0.2, 0.25) is 0 Å². The molecule has 4 unspecified atom stereocenters. The van der Waals surface area contributed by atoms with E-state index in [1.165, 1.54) is 36.4 Å². The molecule has 0 aliphatic carbocycles. The number of amides is 3. The van der Waals surface area contributed by atoms with Gasteiger partial charge in [0.15, 0.2) is 0 Å². The Kier molecular flexibility index (Phi) is 11.4. The van der Waals surface area contributed by atoms with Crippen LogP contribution in [0.3, 0.4) is 0 Å². The van der Waals surface area contributed by atoms with E-state index < -0.39 is 54.5 Å². The fraction of sp³-hybridized carbons (Fsp3) is 0.267. The molecule has 42 heavy (non-hydrogen) atoms. The van der Waals surface area contributed by atoms with Gasteiger partial charge in [-0.15, -0.1) is 0 Å². The number of aliphatic carboxylic acids is 1. The number of aliphatic hydroxyl groups excluding tert-OH is 1. The predicted octanol–water partition coefficient (Wildman–Crippen LogP) is -0.0157. The number of phenolic OH excluding ortho intramolecular Hbond substituents is 2. The topological polar surface area (TPSA) is 211 Å². The number of hydrogen-bond acceptors (Lipinski definition) is 8. The first-order valence-corrected chi connectivity index (χ1v) is 13.2. The number of carboxylic acids is 1. The van der Waals surface area contributed by atoms with E-state index in [1.807, 2.05) is 30.3 Å². The molecule has 3 aromatic rings. The van der Waals surface area contributed by atoms with Gasteiger partial charge in [-0.25, -0.2) is 4.79 Å². The van der Waals surface area contributed by atoms with Gasteiger partial charge in [0.1, 0.15) is 29.6 Å². The lowest BCUT2D eigenvalue weighted by Crippen LogP contribution is -2.58. The molecule has 3 rings (SSSR count). The average molecular weight is 579 g/mol. The van der Waals surface area contributed by atoms with Crippen LogP contribution in [-0.4, -0.2) is 74.9 Å². The normalized spacial score (nSPS) is 13.7. The number of rotatable bonds is 14. The molecule has 0 radical (unpaired) electrons. The molecule has 4 atom stereocenters. The zero-order valence-corrected chi connectivity index (χ0v) is 22.6. The summed E-state index contributed by atoms with van der Waals surface area (Å²) < 4.78 is 0. The first-order valence-electron chi connectivity index (χ1n) is 13.2. The first-order chi connectivity index (χ1) is 20.0. The fourth-order valence-electron chi connectivity index (χ4n) is 4.12. The second-order valence-electron chi connectivity index (χ2n) is 9.74. The van der Waals surface area contributed by atoms with Crippen LogP contribution in [-0.2, 0) is 38.4 Å². The largest absolute Gasteiger partial charge is 0.508 e. The third-order valence-corrected chi connectivity index (χ3v) is 6.45. The van der Waals surface area contributed by atoms with E-state index in [-0.39, 0.29) is 30.8 Å². The molecule has 0 aliphatic rings. The summed E-state index contributed by atoms with van der Waals surface area (Å²) in [7, 11) is 0. The Morgan fingerprint density at radius 2 is 1.00 bits per heavy atom. The Hall–Kier alpha value is -4.94. The van der Waals surface area contributed by atoms with Crippen molar-refractivity contribution >= 4 is 23.7 Å². The molecule has 3 amide bonds. The van der Waals surface area contributed by atoms with Crippen molar-refractivity contribution in [1.29, 1.82) is 0 Å². The van der Waals surface area contributed by atoms with Gasteiger partial charge in [0.05, 0.1) is 12.6 Å². The molecule has 0 saturated carbocycles. The molecule has 0 heterocycles. The van der Waals surface area contributed by atoms with Crippen LogP contribution < -0.4 is 21.7 Å². The number of aromatic hydroxyl groups is 2. The number of nitrogens with one attached hydrogen (secondary N) is 3. The highest BCUT2D eigenvalue weighted by Crippen LogP contribution is 2.14. The molecule has 9 N–H and O–H groups in total. The Morgan fingerprint density at radius 1 is 0.595 bits per heavy atom. The SMILES string of the molecule is NC(Cc1ccccc1)C(=O)NC(Cc1ccc(O)cc1)C(=O)NC(Cc1ccc(O)cc1)C(=O)NC(CO)C(=O)O. The van der Waals surface area contributed by atoms with E-state index in [2.05, 4.69) is 16.0 Å². The van der Waals surface area contributed by atoms with Gasteiger partial charge in [-0.1, -0.05) is 54.6 Å². The Morgan fingerprint density at radius 3 is 1.43 bits per heavy atom. The van der Waals surface area contributed by atoms with Crippen LogP contribution in [0.25, 0.3) is 0 Å². The molecule has 3 aromatic carbocycles. The third kappa shape index (κ3) is 9.61. The molecule has 0 saturated heterocycles. The predicted molar refractivity (Wildman–Crippen MR) is 152 cm³/mol. The lowest BCUT2D eigenvalue weighted by Gasteiger charge is -2.25. The molecule has 0 aromatic heterocycles. The number of carbonyl (C=O) groups excluding carboxylic acids is 3. The average Bonchev–Trinajstić information content (AvgIpc) is 2.97. The third-order valence-electron chi connectivity index (χ3n) is 6.45. The minimum Gasteiger partial charge on any atom is -0.508 e. The van der Waals surface area contributed by atoms with E-state index in [0.717, 1.165) is 5.56 Å². The van der Waals surface area contributed by atoms with Gasteiger partial charge in [-0.3, -0.25) is 14.4 Å². The van der Waals surface area contributed by atoms with Gasteiger partial charge in [-0.2, -0.15) is 0 Å². The van der Waals surface area contributed by atoms with Crippen LogP contribution in [0.4, 0.5) is 0 Å². The fourth-order valence-corrected chi connectivity index (χ4v) is 4.12. The van der Waals surface area contributed by atoms with Crippen molar-refractivity contribution in [2.45, 2.75) is 43.4 Å². The van der Waals surface area contributed by atoms with Gasteiger partial charge >= 0.3 is 5.97 Å². The van der Waals surface area contributed by atoms with Crippen molar-refractivity contribution < 1.29 is 39.6 Å². The number of hydrogen-bond donors (Lipinski definition) is 8. The standard InChI is InChI=1S/C30H34N4O8/c31-23(14-18-4-2-1-3-5-18)27(38)32-24(15-19-6-10-21(36)11-7-19)28(39)33-25(16-20-8-12-22(37)13-9-20)29(40)34-26(17-35)30(41)42/h1-13,23-26,35-37H,14-17,31H2,(H,32,38)(H,33,39)(H,34,40)(H,41,42). The van der Waals surface area contributed by atoms with Crippen molar-refractivity contribution in [3.63, 3.8) is 0 Å². The van der Waals surface area contributed by atoms with Gasteiger partial charge in [0.25, 0.3) is 0 Å². The lowest BCUT2D eigenvalue weighted by atomic mass is 10.0. The molecule has 0 bridgehead atoms. The van der Waals surface area contributed by atoms with Crippen molar-refractivity contribution in [3.8, 4) is 11.5 Å². The van der Waals surface area contributed by atoms with Crippen LogP contribution in [0.5, 0.6) is 11.5 Å². The highest BCUT2D eigenvalue weighted by Gasteiger charge is 2.30. The van der Waals surface area contributed by atoms with Crippen molar-refractivity contribution in [1.82, 2.24) is 16.0 Å². The quantitative estimate of drug-likeness (QED) is 0.129. The smallest absolute Gasteiger partial charge is 0.328 e. The molecular weight excluding hydrogens is 544 g/mol. The Balaban J connectivity index is 1.83. The summed E-state index contributed by atoms with van der Waals surface area (Å²) in [5.74, 6) is -3.71. The molecule has 222 valence electrons. The van der Waals surface area contributed by atoms with Crippen LogP contribution >= 0.6 is 0 Å². The first kappa shape index (κ1) is 31.6. The van der Waals surface area contributed by atoms with Gasteiger partial charge < -0.3 is 42.1 Å². The minimum atomic E-state index is -1.61. The highest BCUT2D eigenvalue weighted by molar-refractivity contribution is 5.94. The maximum absolute atomic E-state index is 13.6. The zero-order valence-electron chi connectivity index (χ0n) is 22.6. The van der Waals surface area contributed by atoms with Crippen LogP contribution in [0, 0.1) is 0 Å². The van der Waals surface area contributed by atoms with Crippen LogP contribution in [0.1, 0.15) is 16.7 Å². The maximum atomic E-state index is 13.6. The summed E-state index contributed by atoms with van der Waals surface area (Å²) in [6.45, 7) is -0.875. The van der Waals surface area contributed by atoms with Gasteiger partial charge in [0, 0.05) is 12.8 Å². The number of nitrogens with two attached hydrogens (primary N) is 1. The van der Waals surface area contributed by atoms with Crippen molar-refractivity contribution in [2.75, 3.05) is 6.61 Å². The summed E-state index contributed by atoms with van der Waals surface area (Å²) in [6.07, 6.45) is 0.102. The Labute approximate surface area is 242 Å². The monoisotopic (exact) mass is 578 g/mol. The Bertz CT molecular complexity index is 1350. The second kappa shape index (κ2) is 15.2. The molecule has 0 aliphatic heterocycles. The van der Waals surface area contributed by atoms with Crippen molar-refractivity contribution in [3.05, 3.63) is 95.6 Å². The number of phenols is 2. The maximum Gasteiger partial charge on any atom is 0.328 e. The lowest BCUT2D eigenvalue weighted by molar-refractivity contribution is -0.143. The summed E-state index contributed by atoms with van der Waals surface area (Å²) >= 11 is 0. The van der Waals surface area contributed by atoms with E-state index in [1.54, 1.807) is 12.1 Å². The zero-order chi connectivity index (χ0) is 30.6. The minimum absolute atomic E-state index is 0.0103. The number of aliphatic hydroxyl groups is 1. The van der Waals surface area contributed by atoms with Gasteiger partial charge in [0.2, 0.25) is 17.7 Å². The second-order valence-corrected chi connectivity index (χ2v) is 9.74. The summed E-state index contributed by atoms with van der Waals surface area (Å²) in [6, 6.07) is 15.8. The van der Waals surface area contributed by atoms with E-state index >= 15 is 0 Å². The van der Waals surface area contributed by atoms with Crippen LogP contribution in [0.15, 0.2) is 78.9 Å².